The molecular formula is C13H9N4. The van der Waals surface area contributed by atoms with E-state index in [1.54, 1.807) is 12.5 Å². The highest BCUT2D eigenvalue weighted by molar-refractivity contribution is 5.63. The highest BCUT2D eigenvalue weighted by atomic mass is 14.9. The number of hydrogen-bond acceptors (Lipinski definition) is 3. The van der Waals surface area contributed by atoms with E-state index in [1.165, 1.54) is 0 Å². The lowest BCUT2D eigenvalue weighted by Crippen LogP contribution is -1.90. The highest BCUT2D eigenvalue weighted by Crippen LogP contribution is 2.19. The van der Waals surface area contributed by atoms with E-state index in [0.717, 1.165) is 17.0 Å². The fourth-order valence-corrected chi connectivity index (χ4v) is 1.61. The third kappa shape index (κ3) is 1.92. The van der Waals surface area contributed by atoms with Crippen LogP contribution in [0.15, 0.2) is 48.9 Å². The summed E-state index contributed by atoms with van der Waals surface area (Å²) in [6.45, 7) is 0. The summed E-state index contributed by atoms with van der Waals surface area (Å²) < 4.78 is 0. The van der Waals surface area contributed by atoms with Crippen LogP contribution in [-0.4, -0.2) is 19.9 Å². The molecule has 0 amide bonds. The zero-order valence-corrected chi connectivity index (χ0v) is 8.96. The Kier molecular flexibility index (Phi) is 2.38. The molecule has 0 unspecified atom stereocenters. The third-order valence-electron chi connectivity index (χ3n) is 2.43. The minimum Gasteiger partial charge on any atom is -0.343 e. The maximum Gasteiger partial charge on any atom is 0.156 e. The van der Waals surface area contributed by atoms with Crippen molar-refractivity contribution in [3.05, 3.63) is 55.1 Å². The van der Waals surface area contributed by atoms with Crippen molar-refractivity contribution in [2.24, 2.45) is 0 Å². The van der Waals surface area contributed by atoms with E-state index < -0.39 is 0 Å². The zero-order valence-electron chi connectivity index (χ0n) is 8.96. The van der Waals surface area contributed by atoms with E-state index in [1.807, 2.05) is 36.4 Å². The van der Waals surface area contributed by atoms with Gasteiger partial charge in [0.1, 0.15) is 18.2 Å². The maximum atomic E-state index is 4.26. The van der Waals surface area contributed by atoms with Gasteiger partial charge in [0.15, 0.2) is 5.82 Å². The van der Waals surface area contributed by atoms with Gasteiger partial charge in [0.25, 0.3) is 0 Å². The van der Waals surface area contributed by atoms with Crippen LogP contribution in [0.3, 0.4) is 0 Å². The van der Waals surface area contributed by atoms with Gasteiger partial charge in [-0.05, 0) is 6.07 Å². The summed E-state index contributed by atoms with van der Waals surface area (Å²) in [7, 11) is 0. The van der Waals surface area contributed by atoms with Crippen molar-refractivity contribution in [1.29, 1.82) is 0 Å². The summed E-state index contributed by atoms with van der Waals surface area (Å²) in [6.07, 6.45) is 5.92. The number of benzene rings is 1. The Hall–Kier alpha value is -2.49. The number of nitrogens with one attached hydrogen (secondary N) is 1. The van der Waals surface area contributed by atoms with E-state index in [9.17, 15) is 0 Å². The fraction of sp³-hybridized carbons (Fsp3) is 0. The molecule has 4 heteroatoms. The van der Waals surface area contributed by atoms with Gasteiger partial charge in [-0.2, -0.15) is 0 Å². The van der Waals surface area contributed by atoms with Gasteiger partial charge in [-0.25, -0.2) is 15.0 Å². The van der Waals surface area contributed by atoms with Crippen LogP contribution in [0.2, 0.25) is 0 Å². The molecule has 3 rings (SSSR count). The first-order chi connectivity index (χ1) is 8.43. The van der Waals surface area contributed by atoms with Crippen molar-refractivity contribution in [2.75, 3.05) is 0 Å². The van der Waals surface area contributed by atoms with Gasteiger partial charge in [-0.1, -0.05) is 30.3 Å². The van der Waals surface area contributed by atoms with Crippen LogP contribution in [0.25, 0.3) is 22.8 Å². The summed E-state index contributed by atoms with van der Waals surface area (Å²) >= 11 is 0. The number of rotatable bonds is 2. The van der Waals surface area contributed by atoms with E-state index >= 15 is 0 Å². The molecule has 0 spiro atoms. The van der Waals surface area contributed by atoms with Crippen molar-refractivity contribution in [3.8, 4) is 22.8 Å². The Morgan fingerprint density at radius 1 is 1.00 bits per heavy atom. The molecule has 1 N–H and O–H groups in total. The van der Waals surface area contributed by atoms with Crippen LogP contribution in [0, 0.1) is 6.20 Å². The molecule has 0 saturated heterocycles. The van der Waals surface area contributed by atoms with Gasteiger partial charge in [-0.15, -0.1) is 0 Å². The van der Waals surface area contributed by atoms with Gasteiger partial charge in [-0.3, -0.25) is 0 Å². The molecule has 0 aliphatic heterocycles. The lowest BCUT2D eigenvalue weighted by molar-refractivity contribution is 1.14. The Balaban J connectivity index is 2.06. The average Bonchev–Trinajstić information content (AvgIpc) is 2.94. The SMILES string of the molecule is [c]1c[nH]c(-c2cc(-c3ccccc3)ncn2)n1. The molecule has 17 heavy (non-hydrogen) atoms. The smallest absolute Gasteiger partial charge is 0.156 e. The van der Waals surface area contributed by atoms with E-state index in [-0.39, 0.29) is 0 Å². The molecule has 2 aromatic heterocycles. The van der Waals surface area contributed by atoms with Crippen LogP contribution in [0.5, 0.6) is 0 Å². The lowest BCUT2D eigenvalue weighted by atomic mass is 10.1. The van der Waals surface area contributed by atoms with E-state index in [2.05, 4.69) is 26.1 Å². The second-order valence-electron chi connectivity index (χ2n) is 3.53. The number of aromatic nitrogens is 4. The first-order valence-electron chi connectivity index (χ1n) is 5.23. The maximum absolute atomic E-state index is 4.26. The standard InChI is InChI=1S/C13H9N4/c1-2-4-10(5-3-1)11-8-12(17-9-16-11)13-14-6-7-15-13/h1-6,8-9H,(H,14,15). The van der Waals surface area contributed by atoms with Crippen LogP contribution in [0.4, 0.5) is 0 Å². The molecule has 1 radical (unpaired) electrons. The predicted molar refractivity (Wildman–Crippen MR) is 63.9 cm³/mol. The van der Waals surface area contributed by atoms with Gasteiger partial charge < -0.3 is 4.98 Å². The Morgan fingerprint density at radius 2 is 1.82 bits per heavy atom. The molecule has 0 saturated carbocycles. The molecule has 0 atom stereocenters. The van der Waals surface area contributed by atoms with Crippen LogP contribution in [0.1, 0.15) is 0 Å². The quantitative estimate of drug-likeness (QED) is 0.722. The summed E-state index contributed by atoms with van der Waals surface area (Å²) in [6, 6.07) is 11.9. The Bertz CT molecular complexity index is 602. The number of imidazole rings is 1. The van der Waals surface area contributed by atoms with E-state index in [0.29, 0.717) is 5.82 Å². The lowest BCUT2D eigenvalue weighted by Gasteiger charge is -2.01. The predicted octanol–water partition coefficient (Wildman–Crippen LogP) is 2.33. The minimum absolute atomic E-state index is 0.699. The van der Waals surface area contributed by atoms with Crippen LogP contribution in [-0.2, 0) is 0 Å². The number of hydrogen-bond donors (Lipinski definition) is 1. The second-order valence-corrected chi connectivity index (χ2v) is 3.53. The van der Waals surface area contributed by atoms with Crippen molar-refractivity contribution in [1.82, 2.24) is 19.9 Å². The monoisotopic (exact) mass is 221 g/mol. The highest BCUT2D eigenvalue weighted by Gasteiger charge is 2.04. The minimum atomic E-state index is 0.699. The molecule has 0 aliphatic carbocycles. The molecular weight excluding hydrogens is 212 g/mol. The van der Waals surface area contributed by atoms with E-state index in [4.69, 9.17) is 0 Å². The molecule has 4 nitrogen and oxygen atoms in total. The summed E-state index contributed by atoms with van der Waals surface area (Å²) in [5, 5.41) is 0. The molecule has 81 valence electrons. The largest absolute Gasteiger partial charge is 0.343 e. The Labute approximate surface area is 98.4 Å². The van der Waals surface area contributed by atoms with Crippen molar-refractivity contribution in [2.45, 2.75) is 0 Å². The number of aromatic amines is 1. The van der Waals surface area contributed by atoms with Gasteiger partial charge >= 0.3 is 0 Å². The molecule has 0 bridgehead atoms. The molecule has 2 heterocycles. The normalized spacial score (nSPS) is 10.4. The van der Waals surface area contributed by atoms with Gasteiger partial charge in [0, 0.05) is 11.8 Å². The first kappa shape index (κ1) is 9.72. The third-order valence-corrected chi connectivity index (χ3v) is 2.43. The fourth-order valence-electron chi connectivity index (χ4n) is 1.61. The van der Waals surface area contributed by atoms with Crippen LogP contribution < -0.4 is 0 Å². The molecule has 0 aliphatic rings. The number of nitrogens with zero attached hydrogens (tertiary/aromatic N) is 3. The molecule has 3 aromatic rings. The first-order valence-corrected chi connectivity index (χ1v) is 5.23. The summed E-state index contributed by atoms with van der Waals surface area (Å²) in [4.78, 5) is 15.5. The Morgan fingerprint density at radius 3 is 2.59 bits per heavy atom. The van der Waals surface area contributed by atoms with Crippen molar-refractivity contribution >= 4 is 0 Å². The average molecular weight is 221 g/mol. The zero-order chi connectivity index (χ0) is 11.5. The second kappa shape index (κ2) is 4.17. The molecule has 0 fully saturated rings. The molecule has 1 aromatic carbocycles. The van der Waals surface area contributed by atoms with Gasteiger partial charge in [0.05, 0.1) is 5.69 Å². The van der Waals surface area contributed by atoms with Gasteiger partial charge in [0.2, 0.25) is 0 Å². The summed E-state index contributed by atoms with van der Waals surface area (Å²) in [5.74, 6) is 0.699. The number of H-pyrrole nitrogens is 1. The topological polar surface area (TPSA) is 54.5 Å². The van der Waals surface area contributed by atoms with Crippen molar-refractivity contribution < 1.29 is 0 Å². The summed E-state index contributed by atoms with van der Waals surface area (Å²) in [5.41, 5.74) is 2.71. The van der Waals surface area contributed by atoms with Crippen LogP contribution >= 0.6 is 0 Å². The van der Waals surface area contributed by atoms with Crippen molar-refractivity contribution in [3.63, 3.8) is 0 Å².